The summed E-state index contributed by atoms with van der Waals surface area (Å²) in [5.41, 5.74) is 4.17. The molecule has 2 N–H and O–H groups in total. The van der Waals surface area contributed by atoms with Crippen molar-refractivity contribution >= 4 is 11.6 Å². The van der Waals surface area contributed by atoms with Gasteiger partial charge in [0, 0.05) is 29.9 Å². The molecule has 3 aliphatic rings. The monoisotopic (exact) mass is 381 g/mol. The lowest BCUT2D eigenvalue weighted by Gasteiger charge is -2.52. The minimum Gasteiger partial charge on any atom is -0.390 e. The maximum absolute atomic E-state index is 13.5. The van der Waals surface area contributed by atoms with Crippen molar-refractivity contribution in [1.29, 1.82) is 0 Å². The summed E-state index contributed by atoms with van der Waals surface area (Å²) in [6.07, 6.45) is 5.32. The molecular formula is C22H27N3O3. The Morgan fingerprint density at radius 2 is 1.96 bits per heavy atom. The van der Waals surface area contributed by atoms with E-state index in [4.69, 9.17) is 4.52 Å². The van der Waals surface area contributed by atoms with Crippen LogP contribution in [0.4, 0.5) is 5.69 Å². The third-order valence-corrected chi connectivity index (χ3v) is 6.90. The summed E-state index contributed by atoms with van der Waals surface area (Å²) in [6.45, 7) is 4.98. The highest BCUT2D eigenvalue weighted by Gasteiger charge is 2.58. The topological polar surface area (TPSA) is 78.6 Å². The zero-order chi connectivity index (χ0) is 19.5. The maximum atomic E-state index is 13.5. The van der Waals surface area contributed by atoms with Crippen LogP contribution in [0.25, 0.3) is 11.1 Å². The van der Waals surface area contributed by atoms with Gasteiger partial charge in [0.25, 0.3) is 0 Å². The van der Waals surface area contributed by atoms with Crippen LogP contribution in [0.15, 0.2) is 22.7 Å². The van der Waals surface area contributed by atoms with E-state index in [1.54, 1.807) is 0 Å². The van der Waals surface area contributed by atoms with Crippen molar-refractivity contribution in [3.8, 4) is 11.1 Å². The number of aryl methyl sites for hydroxylation is 2. The molecule has 1 unspecified atom stereocenters. The van der Waals surface area contributed by atoms with E-state index < -0.39 is 5.54 Å². The van der Waals surface area contributed by atoms with E-state index >= 15 is 0 Å². The van der Waals surface area contributed by atoms with Gasteiger partial charge in [-0.2, -0.15) is 0 Å². The van der Waals surface area contributed by atoms with Crippen LogP contribution in [0, 0.1) is 19.8 Å². The van der Waals surface area contributed by atoms with Crippen LogP contribution < -0.4 is 5.32 Å². The van der Waals surface area contributed by atoms with Gasteiger partial charge >= 0.3 is 0 Å². The number of aliphatic hydroxyl groups is 1. The van der Waals surface area contributed by atoms with Crippen LogP contribution in [0.3, 0.4) is 0 Å². The molecule has 1 amide bonds. The summed E-state index contributed by atoms with van der Waals surface area (Å²) < 4.78 is 5.38. The van der Waals surface area contributed by atoms with Gasteiger partial charge in [0.15, 0.2) is 0 Å². The lowest BCUT2D eigenvalue weighted by atomic mass is 9.69. The predicted molar refractivity (Wildman–Crippen MR) is 106 cm³/mol. The number of nitrogens with one attached hydrogen (secondary N) is 1. The van der Waals surface area contributed by atoms with Crippen LogP contribution in [-0.4, -0.2) is 40.3 Å². The summed E-state index contributed by atoms with van der Waals surface area (Å²) in [7, 11) is 0. The Hall–Kier alpha value is -2.18. The molecule has 2 fully saturated rings. The third kappa shape index (κ3) is 2.40. The number of carbonyl (C=O) groups is 1. The molecule has 1 saturated carbocycles. The third-order valence-electron chi connectivity index (χ3n) is 6.90. The Morgan fingerprint density at radius 1 is 1.21 bits per heavy atom. The summed E-state index contributed by atoms with van der Waals surface area (Å²) in [6, 6.07) is 6.20. The number of anilines is 1. The Kier molecular flexibility index (Phi) is 4.10. The Morgan fingerprint density at radius 3 is 2.61 bits per heavy atom. The number of fused-ring (bicyclic) bond motifs is 1. The predicted octanol–water partition coefficient (Wildman–Crippen LogP) is 3.36. The number of aromatic nitrogens is 1. The number of likely N-dealkylation sites (tertiary alicyclic amines) is 1. The molecule has 0 spiro atoms. The second-order valence-corrected chi connectivity index (χ2v) is 8.57. The smallest absolute Gasteiger partial charge is 0.249 e. The number of β-amino-alcohol motifs (C(OH)–C–C–N with tert-alkyl or cyclic N) is 1. The van der Waals surface area contributed by atoms with Crippen molar-refractivity contribution < 1.29 is 14.4 Å². The fourth-order valence-electron chi connectivity index (χ4n) is 5.60. The van der Waals surface area contributed by atoms with Gasteiger partial charge in [-0.25, -0.2) is 0 Å². The summed E-state index contributed by atoms with van der Waals surface area (Å²) >= 11 is 0. The molecule has 0 bridgehead atoms. The van der Waals surface area contributed by atoms with Crippen LogP contribution in [-0.2, 0) is 10.3 Å². The molecule has 3 heterocycles. The van der Waals surface area contributed by atoms with E-state index in [2.05, 4.69) is 21.4 Å². The van der Waals surface area contributed by atoms with Crippen molar-refractivity contribution in [1.82, 2.24) is 10.1 Å². The molecule has 6 heteroatoms. The Bertz CT molecular complexity index is 906. The summed E-state index contributed by atoms with van der Waals surface area (Å²) in [4.78, 5) is 15.7. The molecule has 2 aliphatic heterocycles. The van der Waals surface area contributed by atoms with E-state index in [1.807, 2.05) is 26.0 Å². The molecule has 28 heavy (non-hydrogen) atoms. The standard InChI is InChI=1S/C22H27N3O3/c1-13-20(14(2)28-24-13)15-8-9-19-18(10-15)22(21(27)23-19,25-11-17(26)12-25)16-6-4-3-5-7-16/h8-10,16-17,26H,3-7,11-12H2,1-2H3,(H,23,27). The first-order valence-electron chi connectivity index (χ1n) is 10.3. The van der Waals surface area contributed by atoms with Gasteiger partial charge < -0.3 is 14.9 Å². The SMILES string of the molecule is Cc1noc(C)c1-c1ccc2c(c1)C(C1CCCCC1)(N1CC(O)C1)C(=O)N2. The average molecular weight is 381 g/mol. The molecule has 0 radical (unpaired) electrons. The van der Waals surface area contributed by atoms with E-state index in [0.29, 0.717) is 13.1 Å². The van der Waals surface area contributed by atoms with Crippen LogP contribution >= 0.6 is 0 Å². The summed E-state index contributed by atoms with van der Waals surface area (Å²) in [5, 5.41) is 17.3. The molecule has 1 aliphatic carbocycles. The van der Waals surface area contributed by atoms with Crippen molar-refractivity contribution in [2.24, 2.45) is 5.92 Å². The lowest BCUT2D eigenvalue weighted by Crippen LogP contribution is -2.66. The minimum atomic E-state index is -0.677. The Labute approximate surface area is 164 Å². The first kappa shape index (κ1) is 17.9. The molecule has 1 aromatic carbocycles. The number of carbonyl (C=O) groups excluding carboxylic acids is 1. The Balaban J connectivity index is 1.67. The maximum Gasteiger partial charge on any atom is 0.249 e. The fraction of sp³-hybridized carbons (Fsp3) is 0.545. The highest BCUT2D eigenvalue weighted by Crippen LogP contribution is 2.52. The highest BCUT2D eigenvalue weighted by atomic mass is 16.5. The summed E-state index contributed by atoms with van der Waals surface area (Å²) in [5.74, 6) is 1.13. The van der Waals surface area contributed by atoms with Gasteiger partial charge in [-0.3, -0.25) is 9.69 Å². The lowest BCUT2D eigenvalue weighted by molar-refractivity contribution is -0.146. The molecule has 5 rings (SSSR count). The molecule has 2 aromatic rings. The van der Waals surface area contributed by atoms with Crippen LogP contribution in [0.2, 0.25) is 0 Å². The number of hydrogen-bond acceptors (Lipinski definition) is 5. The number of hydrogen-bond donors (Lipinski definition) is 2. The average Bonchev–Trinajstić information content (AvgIpc) is 3.15. The second-order valence-electron chi connectivity index (χ2n) is 8.57. The van der Waals surface area contributed by atoms with Gasteiger partial charge in [-0.1, -0.05) is 30.5 Å². The van der Waals surface area contributed by atoms with Crippen LogP contribution in [0.5, 0.6) is 0 Å². The van der Waals surface area contributed by atoms with Crippen molar-refractivity contribution in [3.05, 3.63) is 35.2 Å². The first-order valence-corrected chi connectivity index (χ1v) is 10.3. The quantitative estimate of drug-likeness (QED) is 0.852. The van der Waals surface area contributed by atoms with Gasteiger partial charge in [0.05, 0.1) is 11.8 Å². The normalized spacial score (nSPS) is 26.2. The van der Waals surface area contributed by atoms with Crippen LogP contribution in [0.1, 0.15) is 49.1 Å². The number of aliphatic hydroxyl groups excluding tert-OH is 1. The van der Waals surface area contributed by atoms with E-state index in [9.17, 15) is 9.90 Å². The zero-order valence-corrected chi connectivity index (χ0v) is 16.5. The number of nitrogens with zero attached hydrogens (tertiary/aromatic N) is 2. The molecule has 1 aromatic heterocycles. The van der Waals surface area contributed by atoms with Gasteiger partial charge in [0.2, 0.25) is 5.91 Å². The van der Waals surface area contributed by atoms with Crippen molar-refractivity contribution in [2.45, 2.75) is 57.6 Å². The zero-order valence-electron chi connectivity index (χ0n) is 16.5. The number of benzene rings is 1. The largest absolute Gasteiger partial charge is 0.390 e. The highest BCUT2D eigenvalue weighted by molar-refractivity contribution is 6.06. The van der Waals surface area contributed by atoms with Gasteiger partial charge in [0.1, 0.15) is 11.3 Å². The van der Waals surface area contributed by atoms with E-state index in [1.165, 1.54) is 6.42 Å². The number of rotatable bonds is 3. The van der Waals surface area contributed by atoms with E-state index in [0.717, 1.165) is 59.5 Å². The van der Waals surface area contributed by atoms with Gasteiger partial charge in [-0.15, -0.1) is 0 Å². The van der Waals surface area contributed by atoms with Crippen molar-refractivity contribution in [2.75, 3.05) is 18.4 Å². The first-order chi connectivity index (χ1) is 13.5. The molecule has 1 saturated heterocycles. The van der Waals surface area contributed by atoms with E-state index in [-0.39, 0.29) is 17.9 Å². The second kappa shape index (κ2) is 6.42. The minimum absolute atomic E-state index is 0.0669. The molecule has 6 nitrogen and oxygen atoms in total. The van der Waals surface area contributed by atoms with Gasteiger partial charge in [-0.05, 0) is 50.3 Å². The fourth-order valence-corrected chi connectivity index (χ4v) is 5.60. The molecule has 1 atom stereocenters. The van der Waals surface area contributed by atoms with Crippen molar-refractivity contribution in [3.63, 3.8) is 0 Å². The molecular weight excluding hydrogens is 354 g/mol. The molecule has 148 valence electrons. The number of amides is 1.